The van der Waals surface area contributed by atoms with Crippen LogP contribution < -0.4 is 0 Å². The van der Waals surface area contributed by atoms with Crippen LogP contribution in [0.1, 0.15) is 0 Å². The van der Waals surface area contributed by atoms with E-state index in [4.69, 9.17) is 4.98 Å². The number of fused-ring (bicyclic) bond motifs is 9. The summed E-state index contributed by atoms with van der Waals surface area (Å²) in [5.74, 6) is 0. The summed E-state index contributed by atoms with van der Waals surface area (Å²) >= 11 is 0. The van der Waals surface area contributed by atoms with Gasteiger partial charge in [0.05, 0.1) is 5.52 Å². The van der Waals surface area contributed by atoms with E-state index in [1.165, 1.54) is 48.5 Å². The molecule has 0 amide bonds. The van der Waals surface area contributed by atoms with Crippen LogP contribution in [-0.4, -0.2) is 4.98 Å². The normalized spacial score (nSPS) is 11.8. The van der Waals surface area contributed by atoms with Gasteiger partial charge < -0.3 is 0 Å². The minimum absolute atomic E-state index is 1.05. The van der Waals surface area contributed by atoms with Crippen LogP contribution in [0.2, 0.25) is 0 Å². The van der Waals surface area contributed by atoms with Gasteiger partial charge in [-0.2, -0.15) is 0 Å². The maximum atomic E-state index is 4.75. The molecule has 0 N–H and O–H groups in total. The number of nitrogens with zero attached hydrogens (tertiary/aromatic N) is 1. The van der Waals surface area contributed by atoms with Gasteiger partial charge in [-0.25, -0.2) is 0 Å². The van der Waals surface area contributed by atoms with E-state index >= 15 is 0 Å². The van der Waals surface area contributed by atoms with Crippen LogP contribution >= 0.6 is 0 Å². The summed E-state index contributed by atoms with van der Waals surface area (Å²) < 4.78 is 0. The van der Waals surface area contributed by atoms with E-state index in [1.54, 1.807) is 0 Å². The van der Waals surface area contributed by atoms with E-state index in [0.717, 1.165) is 5.52 Å². The Morgan fingerprint density at radius 1 is 0.423 bits per heavy atom. The van der Waals surface area contributed by atoms with Crippen LogP contribution in [0.25, 0.3) is 54.0 Å². The fourth-order valence-corrected chi connectivity index (χ4v) is 4.26. The molecule has 0 saturated heterocycles. The molecule has 0 radical (unpaired) electrons. The maximum absolute atomic E-state index is 4.75. The summed E-state index contributed by atoms with van der Waals surface area (Å²) in [6, 6.07) is 30.4. The summed E-state index contributed by atoms with van der Waals surface area (Å²) in [6.07, 6.45) is 1.98. The van der Waals surface area contributed by atoms with Crippen molar-refractivity contribution in [3.05, 3.63) is 91.1 Å². The molecule has 0 spiro atoms. The van der Waals surface area contributed by atoms with Crippen molar-refractivity contribution in [2.45, 2.75) is 0 Å². The molecule has 0 aliphatic carbocycles. The zero-order valence-electron chi connectivity index (χ0n) is 14.1. The van der Waals surface area contributed by atoms with Crippen LogP contribution in [-0.2, 0) is 0 Å². The molecule has 0 aliphatic heterocycles. The van der Waals surface area contributed by atoms with Gasteiger partial charge in [-0.1, -0.05) is 78.9 Å². The van der Waals surface area contributed by atoms with Gasteiger partial charge in [0, 0.05) is 22.4 Å². The molecule has 0 saturated carbocycles. The Labute approximate surface area is 150 Å². The van der Waals surface area contributed by atoms with Crippen LogP contribution in [0.5, 0.6) is 0 Å². The zero-order chi connectivity index (χ0) is 17.1. The monoisotopic (exact) mass is 329 g/mol. The van der Waals surface area contributed by atoms with E-state index in [1.807, 2.05) is 6.20 Å². The molecule has 0 bridgehead atoms. The van der Waals surface area contributed by atoms with Crippen LogP contribution in [0.3, 0.4) is 0 Å². The highest BCUT2D eigenvalue weighted by Crippen LogP contribution is 2.38. The van der Waals surface area contributed by atoms with Crippen molar-refractivity contribution in [2.75, 3.05) is 0 Å². The van der Waals surface area contributed by atoms with Gasteiger partial charge in [0.1, 0.15) is 0 Å². The van der Waals surface area contributed by atoms with E-state index < -0.39 is 0 Å². The standard InChI is InChI=1S/C25H15N/c1-3-7-20-16(5-1)9-10-17-11-12-18-13-14-22-25(24(18)23(17)20)21-8-4-2-6-19(21)15-26-22/h1-15H. The van der Waals surface area contributed by atoms with Gasteiger partial charge in [0.25, 0.3) is 0 Å². The van der Waals surface area contributed by atoms with Gasteiger partial charge in [0.15, 0.2) is 0 Å². The molecule has 0 atom stereocenters. The Morgan fingerprint density at radius 3 is 1.81 bits per heavy atom. The average Bonchev–Trinajstić information content (AvgIpc) is 2.72. The molecular weight excluding hydrogens is 314 g/mol. The number of hydrogen-bond acceptors (Lipinski definition) is 1. The molecule has 26 heavy (non-hydrogen) atoms. The second-order valence-corrected chi connectivity index (χ2v) is 6.85. The minimum Gasteiger partial charge on any atom is -0.256 e. The molecule has 0 fully saturated rings. The molecule has 1 nitrogen and oxygen atoms in total. The lowest BCUT2D eigenvalue weighted by Gasteiger charge is -2.12. The highest BCUT2D eigenvalue weighted by Gasteiger charge is 2.11. The van der Waals surface area contributed by atoms with Crippen LogP contribution in [0.4, 0.5) is 0 Å². The predicted octanol–water partition coefficient (Wildman–Crippen LogP) is 6.85. The Kier molecular flexibility index (Phi) is 2.67. The molecule has 6 rings (SSSR count). The van der Waals surface area contributed by atoms with Crippen molar-refractivity contribution in [3.63, 3.8) is 0 Å². The van der Waals surface area contributed by atoms with Crippen molar-refractivity contribution in [1.82, 2.24) is 4.98 Å². The Balaban J connectivity index is 2.03. The summed E-state index contributed by atoms with van der Waals surface area (Å²) in [5.41, 5.74) is 1.05. The molecule has 1 heteroatoms. The first-order chi connectivity index (χ1) is 12.9. The summed E-state index contributed by atoms with van der Waals surface area (Å²) in [5, 5.41) is 11.5. The molecule has 120 valence electrons. The lowest BCUT2D eigenvalue weighted by molar-refractivity contribution is 1.45. The van der Waals surface area contributed by atoms with Crippen molar-refractivity contribution in [1.29, 1.82) is 0 Å². The zero-order valence-corrected chi connectivity index (χ0v) is 14.1. The highest BCUT2D eigenvalue weighted by molar-refractivity contribution is 6.31. The fourth-order valence-electron chi connectivity index (χ4n) is 4.26. The summed E-state index contributed by atoms with van der Waals surface area (Å²) in [6.45, 7) is 0. The Morgan fingerprint density at radius 2 is 1.00 bits per heavy atom. The quantitative estimate of drug-likeness (QED) is 0.278. The van der Waals surface area contributed by atoms with Gasteiger partial charge in [-0.15, -0.1) is 0 Å². The van der Waals surface area contributed by atoms with Crippen LogP contribution in [0, 0.1) is 0 Å². The molecule has 1 heterocycles. The number of benzene rings is 5. The van der Waals surface area contributed by atoms with Crippen molar-refractivity contribution in [3.8, 4) is 0 Å². The van der Waals surface area contributed by atoms with E-state index in [-0.39, 0.29) is 0 Å². The molecule has 0 unspecified atom stereocenters. The van der Waals surface area contributed by atoms with E-state index in [2.05, 4.69) is 84.9 Å². The van der Waals surface area contributed by atoms with Crippen molar-refractivity contribution in [2.24, 2.45) is 0 Å². The molecule has 1 aromatic heterocycles. The number of hydrogen-bond donors (Lipinski definition) is 0. The number of aromatic nitrogens is 1. The van der Waals surface area contributed by atoms with E-state index in [9.17, 15) is 0 Å². The lowest BCUT2D eigenvalue weighted by Crippen LogP contribution is -1.87. The van der Waals surface area contributed by atoms with Crippen LogP contribution in [0.15, 0.2) is 91.1 Å². The minimum atomic E-state index is 1.05. The third-order valence-corrected chi connectivity index (χ3v) is 5.44. The number of pyridine rings is 1. The first kappa shape index (κ1) is 13.8. The van der Waals surface area contributed by atoms with E-state index in [0.29, 0.717) is 0 Å². The van der Waals surface area contributed by atoms with Gasteiger partial charge in [-0.3, -0.25) is 4.98 Å². The van der Waals surface area contributed by atoms with Gasteiger partial charge in [-0.05, 0) is 38.4 Å². The third-order valence-electron chi connectivity index (χ3n) is 5.44. The Bertz CT molecular complexity index is 1360. The predicted molar refractivity (Wildman–Crippen MR) is 112 cm³/mol. The fraction of sp³-hybridized carbons (Fsp3) is 0. The van der Waals surface area contributed by atoms with Crippen molar-refractivity contribution >= 4 is 54.0 Å². The van der Waals surface area contributed by atoms with Gasteiger partial charge >= 0.3 is 0 Å². The average molecular weight is 329 g/mol. The Hall–Kier alpha value is -3.45. The second kappa shape index (κ2) is 5.03. The molecule has 5 aromatic carbocycles. The first-order valence-corrected chi connectivity index (χ1v) is 8.91. The summed E-state index contributed by atoms with van der Waals surface area (Å²) in [4.78, 5) is 4.75. The second-order valence-electron chi connectivity index (χ2n) is 6.85. The molecule has 6 aromatic rings. The lowest BCUT2D eigenvalue weighted by atomic mass is 9.92. The van der Waals surface area contributed by atoms with Gasteiger partial charge in [0.2, 0.25) is 0 Å². The summed E-state index contributed by atoms with van der Waals surface area (Å²) in [7, 11) is 0. The number of rotatable bonds is 0. The first-order valence-electron chi connectivity index (χ1n) is 8.91. The smallest absolute Gasteiger partial charge is 0.0715 e. The molecular formula is C25H15N. The molecule has 0 aliphatic rings. The SMILES string of the molecule is c1ccc2c(c1)ccc1ccc3ccc4ncc5ccccc5c4c3c12. The van der Waals surface area contributed by atoms with Crippen molar-refractivity contribution < 1.29 is 0 Å². The topological polar surface area (TPSA) is 12.9 Å². The highest BCUT2D eigenvalue weighted by atomic mass is 14.6. The third kappa shape index (κ3) is 1.77. The maximum Gasteiger partial charge on any atom is 0.0715 e. The largest absolute Gasteiger partial charge is 0.256 e.